The lowest BCUT2D eigenvalue weighted by atomic mass is 10.0. The van der Waals surface area contributed by atoms with Crippen molar-refractivity contribution >= 4 is 11.9 Å². The summed E-state index contributed by atoms with van der Waals surface area (Å²) in [7, 11) is 0. The predicted octanol–water partition coefficient (Wildman–Crippen LogP) is 37.0. The van der Waals surface area contributed by atoms with E-state index in [1.165, 1.54) is 552 Å². The molecule has 0 saturated carbocycles. The van der Waals surface area contributed by atoms with E-state index in [1.807, 2.05) is 0 Å². The average molecular weight is 1470 g/mol. The average Bonchev–Trinajstić information content (AvgIpc) is 3.86. The van der Waals surface area contributed by atoms with Crippen molar-refractivity contribution in [1.82, 2.24) is 0 Å². The zero-order chi connectivity index (χ0) is 75.0. The minimum absolute atomic E-state index is 0.0325. The fourth-order valence-electron chi connectivity index (χ4n) is 16.0. The van der Waals surface area contributed by atoms with Gasteiger partial charge in [0.25, 0.3) is 0 Å². The molecule has 104 heavy (non-hydrogen) atoms. The van der Waals surface area contributed by atoms with Gasteiger partial charge in [0.2, 0.25) is 0 Å². The number of esters is 2. The number of unbranched alkanes of at least 4 members (excludes halogenated alkanes) is 86. The first-order valence-corrected chi connectivity index (χ1v) is 49.9. The summed E-state index contributed by atoms with van der Waals surface area (Å²) in [5.74, 6) is 0.0650. The van der Waals surface area contributed by atoms with Gasteiger partial charge in [-0.3, -0.25) is 9.59 Å². The van der Waals surface area contributed by atoms with Crippen LogP contribution in [0.4, 0.5) is 0 Å². The Morgan fingerprint density at radius 1 is 0.125 bits per heavy atom. The van der Waals surface area contributed by atoms with Crippen molar-refractivity contribution in [2.24, 2.45) is 0 Å². The van der Waals surface area contributed by atoms with Crippen molar-refractivity contribution in [2.75, 3.05) is 13.2 Å². The molecule has 624 valence electrons. The van der Waals surface area contributed by atoms with Crippen LogP contribution in [-0.4, -0.2) is 25.2 Å². The van der Waals surface area contributed by atoms with E-state index in [-0.39, 0.29) is 11.9 Å². The van der Waals surface area contributed by atoms with E-state index < -0.39 is 0 Å². The van der Waals surface area contributed by atoms with Gasteiger partial charge in [0.15, 0.2) is 0 Å². The summed E-state index contributed by atoms with van der Waals surface area (Å²) in [4.78, 5) is 24.0. The molecule has 0 unspecified atom stereocenters. The highest BCUT2D eigenvalue weighted by Crippen LogP contribution is 2.22. The van der Waals surface area contributed by atoms with Crippen molar-refractivity contribution in [2.45, 2.75) is 618 Å². The maximum absolute atomic E-state index is 12.0. The Labute approximate surface area is 658 Å². The lowest BCUT2D eigenvalue weighted by Crippen LogP contribution is -2.05. The highest BCUT2D eigenvalue weighted by Gasteiger charge is 2.07. The molecule has 0 rings (SSSR count). The molecule has 0 heterocycles. The number of carbonyl (C=O) groups is 2. The van der Waals surface area contributed by atoms with Gasteiger partial charge in [-0.1, -0.05) is 580 Å². The summed E-state index contributed by atoms with van der Waals surface area (Å²) in [5.41, 5.74) is 0. The van der Waals surface area contributed by atoms with Crippen LogP contribution in [0.25, 0.3) is 0 Å². The second kappa shape index (κ2) is 102. The van der Waals surface area contributed by atoms with Crippen LogP contribution < -0.4 is 0 Å². The number of carbonyl (C=O) groups excluding carboxylic acids is 2. The first-order chi connectivity index (χ1) is 51.6. The Morgan fingerprint density at radius 2 is 0.212 bits per heavy atom. The molecule has 0 aromatic heterocycles. The highest BCUT2D eigenvalue weighted by molar-refractivity contribution is 5.69. The van der Waals surface area contributed by atoms with Gasteiger partial charge in [-0.15, -0.1) is 0 Å². The Kier molecular flexibility index (Phi) is 103. The molecule has 0 aliphatic carbocycles. The van der Waals surface area contributed by atoms with Crippen molar-refractivity contribution < 1.29 is 19.1 Å². The summed E-state index contributed by atoms with van der Waals surface area (Å²) in [5, 5.41) is 0. The number of ether oxygens (including phenoxy) is 2. The normalized spacial score (nSPS) is 11.5. The van der Waals surface area contributed by atoms with Crippen LogP contribution in [0.15, 0.2) is 0 Å². The lowest BCUT2D eigenvalue weighted by molar-refractivity contribution is -0.144. The molecule has 4 nitrogen and oxygen atoms in total. The first kappa shape index (κ1) is 105. The molecule has 0 aromatic rings. The Balaban J connectivity index is 0. The Bertz CT molecular complexity index is 1370. The Hall–Kier alpha value is -1.06. The van der Waals surface area contributed by atoms with Gasteiger partial charge < -0.3 is 9.47 Å². The standard InChI is InChI=1S/2C50H100O2/c2*1-3-5-7-9-11-13-15-17-19-20-21-22-23-24-25-26-27-28-29-30-31-32-33-35-37-39-41-43-45-47-49-52-50(51)48-46-44-42-40-38-36-34-18-16-14-12-10-8-6-4-2/h2*3-49H2,1-2H3. The summed E-state index contributed by atoms with van der Waals surface area (Å²) >= 11 is 0. The quantitative estimate of drug-likeness (QED) is 0.0450. The van der Waals surface area contributed by atoms with Crippen molar-refractivity contribution in [3.05, 3.63) is 0 Å². The number of hydrogen-bond acceptors (Lipinski definition) is 4. The van der Waals surface area contributed by atoms with E-state index in [1.54, 1.807) is 0 Å². The number of hydrogen-bond donors (Lipinski definition) is 0. The summed E-state index contributed by atoms with van der Waals surface area (Å²) in [6.07, 6.45) is 128. The maximum Gasteiger partial charge on any atom is 0.305 e. The van der Waals surface area contributed by atoms with E-state index in [9.17, 15) is 9.59 Å². The second-order valence-electron chi connectivity index (χ2n) is 34.3. The maximum atomic E-state index is 12.0. The first-order valence-electron chi connectivity index (χ1n) is 49.9. The molecule has 0 atom stereocenters. The molecule has 0 radical (unpaired) electrons. The van der Waals surface area contributed by atoms with Crippen LogP contribution in [0, 0.1) is 0 Å². The van der Waals surface area contributed by atoms with Gasteiger partial charge in [-0.05, 0) is 25.7 Å². The van der Waals surface area contributed by atoms with E-state index >= 15 is 0 Å². The molecule has 0 aliphatic heterocycles. The molecule has 0 bridgehead atoms. The zero-order valence-corrected chi connectivity index (χ0v) is 73.1. The second-order valence-corrected chi connectivity index (χ2v) is 34.3. The molecule has 4 heteroatoms. The van der Waals surface area contributed by atoms with Crippen molar-refractivity contribution in [3.63, 3.8) is 0 Å². The zero-order valence-electron chi connectivity index (χ0n) is 73.1. The van der Waals surface area contributed by atoms with Gasteiger partial charge >= 0.3 is 11.9 Å². The molecule has 0 saturated heterocycles. The van der Waals surface area contributed by atoms with Gasteiger partial charge in [0.05, 0.1) is 13.2 Å². The van der Waals surface area contributed by atoms with Crippen LogP contribution in [0.2, 0.25) is 0 Å². The van der Waals surface area contributed by atoms with Crippen LogP contribution in [0.3, 0.4) is 0 Å². The largest absolute Gasteiger partial charge is 0.466 e. The van der Waals surface area contributed by atoms with E-state index in [4.69, 9.17) is 9.47 Å². The van der Waals surface area contributed by atoms with Crippen LogP contribution in [-0.2, 0) is 19.1 Å². The third-order valence-corrected chi connectivity index (χ3v) is 23.5. The minimum atomic E-state index is 0.0325. The third-order valence-electron chi connectivity index (χ3n) is 23.5. The molecule has 0 N–H and O–H groups in total. The van der Waals surface area contributed by atoms with Gasteiger partial charge in [0, 0.05) is 12.8 Å². The van der Waals surface area contributed by atoms with Gasteiger partial charge in [-0.2, -0.15) is 0 Å². The molecule has 0 aromatic carbocycles. The SMILES string of the molecule is CCCCCCCCCCCCCCCCCCCCCCCCCCCCCCCCOC(=O)CCCCCCCCCCCCCCCCC.CCCCCCCCCCCCCCCCCCCCCCCCCCCCCCCCOC(=O)CCCCCCCCCCCCCCCCC. The smallest absolute Gasteiger partial charge is 0.305 e. The van der Waals surface area contributed by atoms with Crippen LogP contribution in [0.1, 0.15) is 618 Å². The molecule has 0 spiro atoms. The predicted molar refractivity (Wildman–Crippen MR) is 469 cm³/mol. The van der Waals surface area contributed by atoms with Gasteiger partial charge in [-0.25, -0.2) is 0 Å². The topological polar surface area (TPSA) is 52.6 Å². The van der Waals surface area contributed by atoms with Crippen LogP contribution >= 0.6 is 0 Å². The van der Waals surface area contributed by atoms with E-state index in [2.05, 4.69) is 27.7 Å². The molecule has 0 aliphatic rings. The summed E-state index contributed by atoms with van der Waals surface area (Å²) in [6.45, 7) is 10.5. The fraction of sp³-hybridized carbons (Fsp3) is 0.980. The summed E-state index contributed by atoms with van der Waals surface area (Å²) < 4.78 is 11.0. The lowest BCUT2D eigenvalue weighted by Gasteiger charge is -2.06. The monoisotopic (exact) mass is 1470 g/mol. The number of rotatable bonds is 94. The molecular formula is C100H200O4. The summed E-state index contributed by atoms with van der Waals surface area (Å²) in [6, 6.07) is 0. The highest BCUT2D eigenvalue weighted by atomic mass is 16.5. The molecule has 0 amide bonds. The minimum Gasteiger partial charge on any atom is -0.466 e. The van der Waals surface area contributed by atoms with Crippen molar-refractivity contribution in [1.29, 1.82) is 0 Å². The van der Waals surface area contributed by atoms with Gasteiger partial charge in [0.1, 0.15) is 0 Å². The third kappa shape index (κ3) is 103. The van der Waals surface area contributed by atoms with E-state index in [0.29, 0.717) is 26.1 Å². The molecule has 0 fully saturated rings. The fourth-order valence-corrected chi connectivity index (χ4v) is 16.0. The van der Waals surface area contributed by atoms with Crippen LogP contribution in [0.5, 0.6) is 0 Å². The van der Waals surface area contributed by atoms with Crippen molar-refractivity contribution in [3.8, 4) is 0 Å². The molecular weight excluding hydrogens is 1270 g/mol. The Morgan fingerprint density at radius 3 is 0.317 bits per heavy atom. The van der Waals surface area contributed by atoms with E-state index in [0.717, 1.165) is 25.7 Å².